The van der Waals surface area contributed by atoms with Gasteiger partial charge in [-0.1, -0.05) is 97.2 Å². The van der Waals surface area contributed by atoms with E-state index in [1.165, 1.54) is 5.56 Å². The molecule has 1 aliphatic rings. The average molecular weight is 521 g/mol. The van der Waals surface area contributed by atoms with Gasteiger partial charge in [-0.25, -0.2) is 0 Å². The summed E-state index contributed by atoms with van der Waals surface area (Å²) in [6.45, 7) is 0.359. The summed E-state index contributed by atoms with van der Waals surface area (Å²) in [7, 11) is 0. The largest absolute Gasteiger partial charge is 0.352 e. The summed E-state index contributed by atoms with van der Waals surface area (Å²) in [6, 6.07) is 27.2. The van der Waals surface area contributed by atoms with Crippen molar-refractivity contribution >= 4 is 35.2 Å². The minimum Gasteiger partial charge on any atom is -0.352 e. The number of nitrogens with one attached hydrogen (secondary N) is 1. The maximum absolute atomic E-state index is 13.7. The molecule has 0 unspecified atom stereocenters. The quantitative estimate of drug-likeness (QED) is 0.324. The van der Waals surface area contributed by atoms with Gasteiger partial charge in [-0.05, 0) is 41.7 Å². The van der Waals surface area contributed by atoms with E-state index < -0.39 is 6.04 Å². The second kappa shape index (κ2) is 13.5. The number of rotatable bonds is 11. The van der Waals surface area contributed by atoms with Gasteiger partial charge in [0.1, 0.15) is 6.04 Å². The molecule has 1 atom stereocenters. The molecule has 2 amide bonds. The summed E-state index contributed by atoms with van der Waals surface area (Å²) in [5.74, 6) is 0.957. The molecule has 188 valence electrons. The minimum atomic E-state index is -0.589. The molecule has 1 fully saturated rings. The molecule has 0 aliphatic heterocycles. The third-order valence-corrected chi connectivity index (χ3v) is 7.82. The smallest absolute Gasteiger partial charge is 0.243 e. The van der Waals surface area contributed by atoms with Crippen molar-refractivity contribution in [3.63, 3.8) is 0 Å². The Balaban J connectivity index is 1.56. The molecule has 6 heteroatoms. The first-order valence-electron chi connectivity index (χ1n) is 12.6. The van der Waals surface area contributed by atoms with Crippen molar-refractivity contribution in [1.29, 1.82) is 0 Å². The monoisotopic (exact) mass is 520 g/mol. The van der Waals surface area contributed by atoms with Crippen LogP contribution in [0.5, 0.6) is 0 Å². The predicted molar refractivity (Wildman–Crippen MR) is 149 cm³/mol. The SMILES string of the molecule is O=C(NC1CCCC1)[C@@H](Cc1ccccc1)N(Cc1ccc(Cl)cc1)C(=O)CSCc1ccccc1. The highest BCUT2D eigenvalue weighted by Gasteiger charge is 2.32. The fraction of sp³-hybridized carbons (Fsp3) is 0.333. The van der Waals surface area contributed by atoms with Gasteiger partial charge in [-0.3, -0.25) is 9.59 Å². The number of thioether (sulfide) groups is 1. The summed E-state index contributed by atoms with van der Waals surface area (Å²) in [5, 5.41) is 3.90. The predicted octanol–water partition coefficient (Wildman–Crippen LogP) is 6.27. The van der Waals surface area contributed by atoms with E-state index in [4.69, 9.17) is 11.6 Å². The fourth-order valence-corrected chi connectivity index (χ4v) is 5.62. The van der Waals surface area contributed by atoms with Crippen LogP contribution in [-0.4, -0.2) is 34.6 Å². The third kappa shape index (κ3) is 7.87. The zero-order chi connectivity index (χ0) is 25.2. The Kier molecular flexibility index (Phi) is 9.88. The van der Waals surface area contributed by atoms with E-state index in [0.29, 0.717) is 23.7 Å². The van der Waals surface area contributed by atoms with Gasteiger partial charge < -0.3 is 10.2 Å². The Morgan fingerprint density at radius 3 is 2.11 bits per heavy atom. The molecule has 1 saturated carbocycles. The van der Waals surface area contributed by atoms with Crippen LogP contribution in [0.25, 0.3) is 0 Å². The van der Waals surface area contributed by atoms with Gasteiger partial charge in [-0.2, -0.15) is 0 Å². The molecule has 1 aliphatic carbocycles. The molecule has 4 nitrogen and oxygen atoms in total. The lowest BCUT2D eigenvalue weighted by molar-refractivity contribution is -0.139. The second-order valence-corrected chi connectivity index (χ2v) is 10.7. The van der Waals surface area contributed by atoms with Gasteiger partial charge in [0.15, 0.2) is 0 Å². The summed E-state index contributed by atoms with van der Waals surface area (Å²) in [4.78, 5) is 29.1. The Labute approximate surface area is 223 Å². The highest BCUT2D eigenvalue weighted by molar-refractivity contribution is 7.99. The number of halogens is 1. The van der Waals surface area contributed by atoms with Crippen molar-refractivity contribution in [3.05, 3.63) is 107 Å². The van der Waals surface area contributed by atoms with Gasteiger partial charge in [0.25, 0.3) is 0 Å². The first kappa shape index (κ1) is 26.3. The van der Waals surface area contributed by atoms with Crippen LogP contribution in [0.3, 0.4) is 0 Å². The van der Waals surface area contributed by atoms with Crippen LogP contribution in [0.4, 0.5) is 0 Å². The van der Waals surface area contributed by atoms with Crippen LogP contribution in [0, 0.1) is 0 Å². The highest BCUT2D eigenvalue weighted by Crippen LogP contribution is 2.22. The van der Waals surface area contributed by atoms with Crippen LogP contribution >= 0.6 is 23.4 Å². The minimum absolute atomic E-state index is 0.0339. The van der Waals surface area contributed by atoms with E-state index in [1.54, 1.807) is 16.7 Å². The number of carbonyl (C=O) groups is 2. The molecule has 4 rings (SSSR count). The summed E-state index contributed by atoms with van der Waals surface area (Å²) < 4.78 is 0. The van der Waals surface area contributed by atoms with Crippen LogP contribution < -0.4 is 5.32 Å². The maximum atomic E-state index is 13.7. The number of hydrogen-bond acceptors (Lipinski definition) is 3. The van der Waals surface area contributed by atoms with Gasteiger partial charge in [0.2, 0.25) is 11.8 Å². The molecule has 0 radical (unpaired) electrons. The Morgan fingerprint density at radius 2 is 1.47 bits per heavy atom. The summed E-state index contributed by atoms with van der Waals surface area (Å²) in [5.41, 5.74) is 3.17. The summed E-state index contributed by atoms with van der Waals surface area (Å²) >= 11 is 7.69. The van der Waals surface area contributed by atoms with Crippen molar-refractivity contribution < 1.29 is 9.59 Å². The van der Waals surface area contributed by atoms with Crippen molar-refractivity contribution in [2.24, 2.45) is 0 Å². The lowest BCUT2D eigenvalue weighted by atomic mass is 10.0. The first-order chi connectivity index (χ1) is 17.6. The topological polar surface area (TPSA) is 49.4 Å². The van der Waals surface area contributed by atoms with Gasteiger partial charge in [0, 0.05) is 29.8 Å². The van der Waals surface area contributed by atoms with Crippen molar-refractivity contribution in [2.45, 2.75) is 56.5 Å². The van der Waals surface area contributed by atoms with Crippen LogP contribution in [-0.2, 0) is 28.3 Å². The van der Waals surface area contributed by atoms with E-state index >= 15 is 0 Å². The Bertz CT molecular complexity index is 1100. The maximum Gasteiger partial charge on any atom is 0.243 e. The zero-order valence-corrected chi connectivity index (χ0v) is 22.0. The Morgan fingerprint density at radius 1 is 0.861 bits per heavy atom. The zero-order valence-electron chi connectivity index (χ0n) is 20.4. The molecule has 36 heavy (non-hydrogen) atoms. The Hall–Kier alpha value is -2.76. The first-order valence-corrected chi connectivity index (χ1v) is 14.1. The highest BCUT2D eigenvalue weighted by atomic mass is 35.5. The molecule has 0 saturated heterocycles. The lowest BCUT2D eigenvalue weighted by Crippen LogP contribution is -2.52. The molecule has 0 aromatic heterocycles. The van der Waals surface area contributed by atoms with Gasteiger partial charge >= 0.3 is 0 Å². The number of nitrogens with zero attached hydrogens (tertiary/aromatic N) is 1. The molecular formula is C30H33ClN2O2S. The van der Waals surface area contributed by atoms with Gasteiger partial charge in [0.05, 0.1) is 5.75 Å². The fourth-order valence-electron chi connectivity index (χ4n) is 4.62. The molecule has 3 aromatic carbocycles. The van der Waals surface area contributed by atoms with E-state index in [0.717, 1.165) is 42.6 Å². The molecule has 1 N–H and O–H groups in total. The third-order valence-electron chi connectivity index (χ3n) is 6.58. The lowest BCUT2D eigenvalue weighted by Gasteiger charge is -2.32. The van der Waals surface area contributed by atoms with Crippen molar-refractivity contribution in [2.75, 3.05) is 5.75 Å². The number of hydrogen-bond donors (Lipinski definition) is 1. The molecule has 0 heterocycles. The van der Waals surface area contributed by atoms with E-state index in [2.05, 4.69) is 17.4 Å². The number of benzene rings is 3. The van der Waals surface area contributed by atoms with Gasteiger partial charge in [-0.15, -0.1) is 11.8 Å². The number of amides is 2. The van der Waals surface area contributed by atoms with E-state index in [-0.39, 0.29) is 17.9 Å². The van der Waals surface area contributed by atoms with Crippen molar-refractivity contribution in [1.82, 2.24) is 10.2 Å². The van der Waals surface area contributed by atoms with Crippen molar-refractivity contribution in [3.8, 4) is 0 Å². The normalized spacial score (nSPS) is 14.4. The molecular weight excluding hydrogens is 488 g/mol. The van der Waals surface area contributed by atoms with E-state index in [9.17, 15) is 9.59 Å². The molecule has 0 bridgehead atoms. The molecule has 0 spiro atoms. The molecule has 3 aromatic rings. The summed E-state index contributed by atoms with van der Waals surface area (Å²) in [6.07, 6.45) is 4.75. The van der Waals surface area contributed by atoms with E-state index in [1.807, 2.05) is 72.8 Å². The van der Waals surface area contributed by atoms with Crippen LogP contribution in [0.2, 0.25) is 5.02 Å². The number of carbonyl (C=O) groups excluding carboxylic acids is 2. The standard InChI is InChI=1S/C30H33ClN2O2S/c31-26-17-15-24(16-18-26)20-33(29(34)22-36-21-25-11-5-2-6-12-25)28(19-23-9-3-1-4-10-23)30(35)32-27-13-7-8-14-27/h1-6,9-12,15-18,27-28H,7-8,13-14,19-22H2,(H,32,35)/t28-/m1/s1. The average Bonchev–Trinajstić information content (AvgIpc) is 3.41. The second-order valence-electron chi connectivity index (χ2n) is 9.32. The van der Waals surface area contributed by atoms with Crippen LogP contribution in [0.15, 0.2) is 84.9 Å². The van der Waals surface area contributed by atoms with Crippen LogP contribution in [0.1, 0.15) is 42.4 Å².